The summed E-state index contributed by atoms with van der Waals surface area (Å²) in [6.07, 6.45) is 2.17. The second-order valence-corrected chi connectivity index (χ2v) is 3.01. The molecule has 0 radical (unpaired) electrons. The molecule has 0 aromatic carbocycles. The molecule has 1 heterocycles. The Morgan fingerprint density at radius 1 is 1.50 bits per heavy atom. The fourth-order valence-corrected chi connectivity index (χ4v) is 1.86. The number of esters is 1. The number of hydrogen-bond donors (Lipinski definition) is 1. The molecule has 10 heavy (non-hydrogen) atoms. The standard InChI is InChI=1S/C7H10O3/c8-6-4-2-1-3-5(4)10-7(6)9/h4-6,8H,1-3H2/t4-,5?,6?/m0/s1. The molecule has 0 bridgehead atoms. The Labute approximate surface area is 59.0 Å². The molecule has 2 aliphatic rings. The number of carbonyl (C=O) groups excluding carboxylic acids is 1. The van der Waals surface area contributed by atoms with Crippen LogP contribution < -0.4 is 0 Å². The molecule has 0 amide bonds. The van der Waals surface area contributed by atoms with Gasteiger partial charge in [-0.25, -0.2) is 4.79 Å². The van der Waals surface area contributed by atoms with Crippen molar-refractivity contribution >= 4 is 5.97 Å². The third kappa shape index (κ3) is 0.669. The van der Waals surface area contributed by atoms with E-state index < -0.39 is 12.1 Å². The van der Waals surface area contributed by atoms with E-state index in [4.69, 9.17) is 4.74 Å². The minimum Gasteiger partial charge on any atom is -0.460 e. The molecule has 2 unspecified atom stereocenters. The summed E-state index contributed by atoms with van der Waals surface area (Å²) >= 11 is 0. The molecule has 2 rings (SSSR count). The summed E-state index contributed by atoms with van der Waals surface area (Å²) in [5.41, 5.74) is 0. The highest BCUT2D eigenvalue weighted by molar-refractivity contribution is 5.77. The third-order valence-corrected chi connectivity index (χ3v) is 2.42. The van der Waals surface area contributed by atoms with Crippen molar-refractivity contribution in [2.24, 2.45) is 5.92 Å². The number of carbonyl (C=O) groups is 1. The predicted octanol–water partition coefficient (Wildman–Crippen LogP) is 0.0728. The van der Waals surface area contributed by atoms with Gasteiger partial charge >= 0.3 is 5.97 Å². The van der Waals surface area contributed by atoms with Gasteiger partial charge in [0.15, 0.2) is 6.10 Å². The van der Waals surface area contributed by atoms with Crippen molar-refractivity contribution in [1.29, 1.82) is 0 Å². The van der Waals surface area contributed by atoms with E-state index in [1.165, 1.54) is 0 Å². The number of fused-ring (bicyclic) bond motifs is 1. The molecule has 3 heteroatoms. The van der Waals surface area contributed by atoms with Gasteiger partial charge in [0.1, 0.15) is 6.10 Å². The van der Waals surface area contributed by atoms with Gasteiger partial charge in [-0.1, -0.05) is 0 Å². The van der Waals surface area contributed by atoms with Crippen LogP contribution >= 0.6 is 0 Å². The third-order valence-electron chi connectivity index (χ3n) is 2.42. The van der Waals surface area contributed by atoms with Gasteiger partial charge in [0.05, 0.1) is 0 Å². The van der Waals surface area contributed by atoms with Gasteiger partial charge in [-0.2, -0.15) is 0 Å². The molecular formula is C7H10O3. The molecule has 0 aromatic heterocycles. The topological polar surface area (TPSA) is 46.5 Å². The van der Waals surface area contributed by atoms with Crippen LogP contribution in [0.2, 0.25) is 0 Å². The van der Waals surface area contributed by atoms with Crippen LogP contribution in [0.1, 0.15) is 19.3 Å². The van der Waals surface area contributed by atoms with Crippen molar-refractivity contribution < 1.29 is 14.6 Å². The Kier molecular flexibility index (Phi) is 1.20. The van der Waals surface area contributed by atoms with Crippen molar-refractivity contribution in [2.45, 2.75) is 31.5 Å². The van der Waals surface area contributed by atoms with Crippen LogP contribution in [0, 0.1) is 5.92 Å². The second kappa shape index (κ2) is 1.95. The molecule has 1 aliphatic heterocycles. The SMILES string of the molecule is O=C1OC2CCC[C@@H]2C1O. The van der Waals surface area contributed by atoms with E-state index in [9.17, 15) is 9.90 Å². The highest BCUT2D eigenvalue weighted by atomic mass is 16.6. The smallest absolute Gasteiger partial charge is 0.335 e. The monoisotopic (exact) mass is 142 g/mol. The highest BCUT2D eigenvalue weighted by Crippen LogP contribution is 2.36. The summed E-state index contributed by atoms with van der Waals surface area (Å²) in [7, 11) is 0. The van der Waals surface area contributed by atoms with Gasteiger partial charge in [-0.3, -0.25) is 0 Å². The normalized spacial score (nSPS) is 45.3. The van der Waals surface area contributed by atoms with E-state index in [0.717, 1.165) is 19.3 Å². The van der Waals surface area contributed by atoms with Gasteiger partial charge in [0, 0.05) is 5.92 Å². The minimum atomic E-state index is -0.826. The summed E-state index contributed by atoms with van der Waals surface area (Å²) in [6.45, 7) is 0. The summed E-state index contributed by atoms with van der Waals surface area (Å²) in [6, 6.07) is 0. The first-order valence-corrected chi connectivity index (χ1v) is 3.67. The molecular weight excluding hydrogens is 132 g/mol. The summed E-state index contributed by atoms with van der Waals surface area (Å²) < 4.78 is 4.91. The lowest BCUT2D eigenvalue weighted by Crippen LogP contribution is -2.21. The molecule has 3 nitrogen and oxygen atoms in total. The van der Waals surface area contributed by atoms with Crippen molar-refractivity contribution in [3.8, 4) is 0 Å². The number of aliphatic hydroxyl groups excluding tert-OH is 1. The zero-order valence-electron chi connectivity index (χ0n) is 5.62. The van der Waals surface area contributed by atoms with E-state index in [0.29, 0.717) is 0 Å². The van der Waals surface area contributed by atoms with Crippen molar-refractivity contribution in [2.75, 3.05) is 0 Å². The zero-order chi connectivity index (χ0) is 7.14. The molecule has 3 atom stereocenters. The number of rotatable bonds is 0. The largest absolute Gasteiger partial charge is 0.460 e. The molecule has 56 valence electrons. The first-order chi connectivity index (χ1) is 4.79. The van der Waals surface area contributed by atoms with Crippen LogP contribution in [0.5, 0.6) is 0 Å². The molecule has 1 aliphatic carbocycles. The fourth-order valence-electron chi connectivity index (χ4n) is 1.86. The second-order valence-electron chi connectivity index (χ2n) is 3.01. The predicted molar refractivity (Wildman–Crippen MR) is 33.2 cm³/mol. The van der Waals surface area contributed by atoms with Crippen LogP contribution in [0.25, 0.3) is 0 Å². The van der Waals surface area contributed by atoms with Crippen molar-refractivity contribution in [3.05, 3.63) is 0 Å². The van der Waals surface area contributed by atoms with Gasteiger partial charge in [-0.05, 0) is 19.3 Å². The van der Waals surface area contributed by atoms with Crippen molar-refractivity contribution in [1.82, 2.24) is 0 Å². The molecule has 1 saturated carbocycles. The van der Waals surface area contributed by atoms with Crippen LogP contribution in [-0.4, -0.2) is 23.3 Å². The first kappa shape index (κ1) is 6.16. The van der Waals surface area contributed by atoms with Gasteiger partial charge in [-0.15, -0.1) is 0 Å². The molecule has 0 spiro atoms. The summed E-state index contributed by atoms with van der Waals surface area (Å²) in [5, 5.41) is 9.19. The van der Waals surface area contributed by atoms with Crippen molar-refractivity contribution in [3.63, 3.8) is 0 Å². The Morgan fingerprint density at radius 3 is 3.00 bits per heavy atom. The Morgan fingerprint density at radius 2 is 2.30 bits per heavy atom. The molecule has 1 saturated heterocycles. The maximum absolute atomic E-state index is 10.7. The Bertz CT molecular complexity index is 166. The Hall–Kier alpha value is -0.570. The number of hydrogen-bond acceptors (Lipinski definition) is 3. The lowest BCUT2D eigenvalue weighted by Gasteiger charge is -2.05. The fraction of sp³-hybridized carbons (Fsp3) is 0.857. The molecule has 2 fully saturated rings. The Balaban J connectivity index is 2.16. The summed E-state index contributed by atoms with van der Waals surface area (Å²) in [4.78, 5) is 10.7. The van der Waals surface area contributed by atoms with E-state index in [2.05, 4.69) is 0 Å². The average molecular weight is 142 g/mol. The zero-order valence-corrected chi connectivity index (χ0v) is 5.62. The maximum Gasteiger partial charge on any atom is 0.335 e. The highest BCUT2D eigenvalue weighted by Gasteiger charge is 2.45. The van der Waals surface area contributed by atoms with Gasteiger partial charge in [0.2, 0.25) is 0 Å². The van der Waals surface area contributed by atoms with E-state index in [-0.39, 0.29) is 12.0 Å². The first-order valence-electron chi connectivity index (χ1n) is 3.67. The van der Waals surface area contributed by atoms with E-state index in [1.807, 2.05) is 0 Å². The van der Waals surface area contributed by atoms with Gasteiger partial charge in [0.25, 0.3) is 0 Å². The van der Waals surface area contributed by atoms with Crippen LogP contribution in [0.4, 0.5) is 0 Å². The lowest BCUT2D eigenvalue weighted by molar-refractivity contribution is -0.147. The quantitative estimate of drug-likeness (QED) is 0.487. The molecule has 0 aromatic rings. The number of aliphatic hydroxyl groups is 1. The van der Waals surface area contributed by atoms with Crippen LogP contribution in [0.3, 0.4) is 0 Å². The van der Waals surface area contributed by atoms with E-state index in [1.54, 1.807) is 0 Å². The lowest BCUT2D eigenvalue weighted by atomic mass is 10.0. The average Bonchev–Trinajstić information content (AvgIpc) is 2.41. The van der Waals surface area contributed by atoms with E-state index >= 15 is 0 Å². The number of ether oxygens (including phenoxy) is 1. The maximum atomic E-state index is 10.7. The minimum absolute atomic E-state index is 0.0301. The van der Waals surface area contributed by atoms with Gasteiger partial charge < -0.3 is 9.84 Å². The molecule has 1 N–H and O–H groups in total. The summed E-state index contributed by atoms with van der Waals surface area (Å²) in [5.74, 6) is -0.317. The van der Waals surface area contributed by atoms with Crippen LogP contribution in [0.15, 0.2) is 0 Å². The van der Waals surface area contributed by atoms with Crippen LogP contribution in [-0.2, 0) is 9.53 Å².